The highest BCUT2D eigenvalue weighted by Crippen LogP contribution is 2.37. The van der Waals surface area contributed by atoms with Gasteiger partial charge >= 0.3 is 0 Å². The summed E-state index contributed by atoms with van der Waals surface area (Å²) in [5.74, 6) is -0.378. The van der Waals surface area contributed by atoms with E-state index in [-0.39, 0.29) is 35.8 Å². The molecule has 10 nitrogen and oxygen atoms in total. The first-order chi connectivity index (χ1) is 22.3. The van der Waals surface area contributed by atoms with Crippen molar-refractivity contribution >= 4 is 34.2 Å². The van der Waals surface area contributed by atoms with E-state index < -0.39 is 5.60 Å². The maximum atomic E-state index is 14.1. The molecule has 2 aliphatic heterocycles. The fourth-order valence-corrected chi connectivity index (χ4v) is 7.88. The Kier molecular flexibility index (Phi) is 8.04. The van der Waals surface area contributed by atoms with Crippen LogP contribution in [0.3, 0.4) is 0 Å². The highest BCUT2D eigenvalue weighted by Gasteiger charge is 2.42. The number of nitrogens with zero attached hydrogens (tertiary/aromatic N) is 6. The topological polar surface area (TPSA) is 114 Å². The number of amides is 2. The zero-order valence-corrected chi connectivity index (χ0v) is 26.5. The molecule has 2 aliphatic rings. The molecule has 2 fully saturated rings. The normalized spacial score (nSPS) is 19.8. The van der Waals surface area contributed by atoms with Gasteiger partial charge in [0.05, 0.1) is 22.4 Å². The van der Waals surface area contributed by atoms with Gasteiger partial charge in [-0.2, -0.15) is 0 Å². The number of thiophene rings is 1. The van der Waals surface area contributed by atoms with E-state index >= 15 is 0 Å². The summed E-state index contributed by atoms with van der Waals surface area (Å²) in [6, 6.07) is 19.5. The quantitative estimate of drug-likeness (QED) is 0.300. The molecule has 1 N–H and O–H groups in total. The minimum absolute atomic E-state index is 0.0152. The minimum atomic E-state index is -1.12. The highest BCUT2D eigenvalue weighted by atomic mass is 32.1. The van der Waals surface area contributed by atoms with Crippen LogP contribution >= 0.6 is 11.3 Å². The van der Waals surface area contributed by atoms with E-state index in [9.17, 15) is 19.5 Å². The molecule has 5 aromatic rings. The number of hydrogen-bond acceptors (Lipinski definition) is 7. The third-order valence-electron chi connectivity index (χ3n) is 9.55. The van der Waals surface area contributed by atoms with Crippen LogP contribution in [0.25, 0.3) is 21.5 Å². The van der Waals surface area contributed by atoms with E-state index in [0.29, 0.717) is 61.4 Å². The first kappa shape index (κ1) is 30.1. The molecule has 2 amide bonds. The van der Waals surface area contributed by atoms with E-state index in [4.69, 9.17) is 0 Å². The molecule has 2 atom stereocenters. The first-order valence-electron chi connectivity index (χ1n) is 15.7. The molecular weight excluding hydrogens is 600 g/mol. The summed E-state index contributed by atoms with van der Waals surface area (Å²) in [5.41, 5.74) is 1.38. The van der Waals surface area contributed by atoms with Crippen LogP contribution in [0.1, 0.15) is 40.4 Å². The molecule has 6 heterocycles. The van der Waals surface area contributed by atoms with Gasteiger partial charge in [0.15, 0.2) is 0 Å². The number of benzene rings is 1. The molecule has 236 valence electrons. The molecule has 0 bridgehead atoms. The van der Waals surface area contributed by atoms with Crippen molar-refractivity contribution in [2.45, 2.75) is 37.3 Å². The van der Waals surface area contributed by atoms with E-state index in [0.717, 1.165) is 16.0 Å². The summed E-state index contributed by atoms with van der Waals surface area (Å²) in [7, 11) is 1.84. The first-order valence-corrected chi connectivity index (χ1v) is 16.5. The summed E-state index contributed by atoms with van der Waals surface area (Å²) in [4.78, 5) is 54.8. The molecule has 1 aromatic carbocycles. The van der Waals surface area contributed by atoms with Crippen LogP contribution in [0, 0.1) is 5.92 Å². The number of carbonyl (C=O) groups excluding carboxylic acids is 2. The number of likely N-dealkylation sites (tertiary alicyclic amines) is 2. The van der Waals surface area contributed by atoms with E-state index in [1.807, 2.05) is 71.4 Å². The Morgan fingerprint density at radius 2 is 1.74 bits per heavy atom. The number of hydrogen-bond donors (Lipinski definition) is 1. The molecule has 11 heteroatoms. The number of aromatic nitrogens is 4. The average Bonchev–Trinajstić information content (AvgIpc) is 3.74. The van der Waals surface area contributed by atoms with Crippen LogP contribution in [0.2, 0.25) is 0 Å². The maximum absolute atomic E-state index is 14.1. The monoisotopic (exact) mass is 636 g/mol. The van der Waals surface area contributed by atoms with Gasteiger partial charge in [-0.3, -0.25) is 23.9 Å². The van der Waals surface area contributed by atoms with Gasteiger partial charge in [0.1, 0.15) is 12.0 Å². The van der Waals surface area contributed by atoms with Gasteiger partial charge in [0.25, 0.3) is 11.5 Å². The Bertz CT molecular complexity index is 1930. The smallest absolute Gasteiger partial charge is 0.263 e. The number of rotatable bonds is 6. The Balaban J connectivity index is 1.04. The number of aliphatic hydroxyl groups is 1. The Labute approximate surface area is 270 Å². The van der Waals surface area contributed by atoms with Crippen LogP contribution in [0.15, 0.2) is 90.4 Å². The fraction of sp³-hybridized carbons (Fsp3) is 0.343. The summed E-state index contributed by atoms with van der Waals surface area (Å²) in [6.07, 6.45) is 8.08. The molecule has 46 heavy (non-hydrogen) atoms. The van der Waals surface area contributed by atoms with Crippen molar-refractivity contribution in [1.82, 2.24) is 28.9 Å². The van der Waals surface area contributed by atoms with Crippen LogP contribution in [-0.4, -0.2) is 77.6 Å². The van der Waals surface area contributed by atoms with Gasteiger partial charge in [-0.25, -0.2) is 4.98 Å². The third-order valence-corrected chi connectivity index (χ3v) is 10.7. The van der Waals surface area contributed by atoms with Crippen molar-refractivity contribution < 1.29 is 14.7 Å². The third kappa shape index (κ3) is 5.76. The van der Waals surface area contributed by atoms with Crippen molar-refractivity contribution in [3.63, 3.8) is 0 Å². The number of carbonyl (C=O) groups is 2. The second-order valence-electron chi connectivity index (χ2n) is 12.5. The van der Waals surface area contributed by atoms with Crippen molar-refractivity contribution in [2.24, 2.45) is 13.0 Å². The van der Waals surface area contributed by atoms with Crippen LogP contribution in [0.5, 0.6) is 0 Å². The molecule has 0 saturated carbocycles. The predicted molar refractivity (Wildman–Crippen MR) is 176 cm³/mol. The molecular formula is C35H36N6O4S. The van der Waals surface area contributed by atoms with E-state index in [1.54, 1.807) is 29.2 Å². The van der Waals surface area contributed by atoms with Crippen molar-refractivity contribution in [3.05, 3.63) is 106 Å². The summed E-state index contributed by atoms with van der Waals surface area (Å²) < 4.78 is 3.27. The van der Waals surface area contributed by atoms with Gasteiger partial charge < -0.3 is 19.5 Å². The van der Waals surface area contributed by atoms with Gasteiger partial charge in [0.2, 0.25) is 5.91 Å². The largest absolute Gasteiger partial charge is 0.388 e. The number of aryl methyl sites for hydroxylation is 1. The number of piperidine rings is 2. The molecule has 0 radical (unpaired) electrons. The second kappa shape index (κ2) is 12.3. The lowest BCUT2D eigenvalue weighted by atomic mass is 9.79. The molecule has 7 rings (SSSR count). The molecule has 0 unspecified atom stereocenters. The molecule has 0 spiro atoms. The van der Waals surface area contributed by atoms with E-state index in [2.05, 4.69) is 9.97 Å². The lowest BCUT2D eigenvalue weighted by Gasteiger charge is -2.43. The maximum Gasteiger partial charge on any atom is 0.263 e. The average molecular weight is 637 g/mol. The molecule has 2 saturated heterocycles. The van der Waals surface area contributed by atoms with Crippen molar-refractivity contribution in [1.29, 1.82) is 0 Å². The zero-order valence-electron chi connectivity index (χ0n) is 25.7. The molecule has 4 aromatic heterocycles. The zero-order chi connectivity index (χ0) is 31.8. The lowest BCUT2D eigenvalue weighted by molar-refractivity contribution is -0.142. The van der Waals surface area contributed by atoms with Gasteiger partial charge in [-0.15, -0.1) is 11.3 Å². The number of pyridine rings is 1. The van der Waals surface area contributed by atoms with Crippen LogP contribution < -0.4 is 5.56 Å². The van der Waals surface area contributed by atoms with E-state index in [1.165, 1.54) is 22.2 Å². The van der Waals surface area contributed by atoms with Crippen LogP contribution in [0.4, 0.5) is 0 Å². The second-order valence-corrected chi connectivity index (χ2v) is 13.5. The fourth-order valence-electron chi connectivity index (χ4n) is 6.90. The van der Waals surface area contributed by atoms with Gasteiger partial charge in [0, 0.05) is 68.5 Å². The standard InChI is InChI=1S/C35H36N6O4S/c1-38-17-11-27-31(38)37-23-41(33(27)43)22-35(45)13-19-39(20-14-35)32(42)26-12-18-40(21-28(26)24-5-3-2-4-6-24)34(44)30-8-7-29(46-30)25-9-15-36-16-10-25/h2-11,15-17,23,26,28,45H,12-14,18-22H2,1H3/t26-,28+/m0/s1. The Hall–Kier alpha value is -4.61. The Morgan fingerprint density at radius 3 is 2.50 bits per heavy atom. The lowest BCUT2D eigenvalue weighted by Crippen LogP contribution is -2.53. The van der Waals surface area contributed by atoms with Crippen molar-refractivity contribution in [2.75, 3.05) is 26.2 Å². The number of fused-ring (bicyclic) bond motifs is 1. The van der Waals surface area contributed by atoms with Gasteiger partial charge in [-0.1, -0.05) is 30.3 Å². The predicted octanol–water partition coefficient (Wildman–Crippen LogP) is 4.16. The summed E-state index contributed by atoms with van der Waals surface area (Å²) in [5, 5.41) is 12.0. The Morgan fingerprint density at radius 1 is 0.978 bits per heavy atom. The van der Waals surface area contributed by atoms with Crippen molar-refractivity contribution in [3.8, 4) is 10.4 Å². The van der Waals surface area contributed by atoms with Gasteiger partial charge in [-0.05, 0) is 60.7 Å². The molecule has 0 aliphatic carbocycles. The SMILES string of the molecule is Cn1ccc2c(=O)n(CC3(O)CCN(C(=O)[C@H]4CCN(C(=O)c5ccc(-c6ccncc6)s5)C[C@@H]4c4ccccc4)CC3)cnc21. The minimum Gasteiger partial charge on any atom is -0.388 e. The highest BCUT2D eigenvalue weighted by molar-refractivity contribution is 7.17. The summed E-state index contributed by atoms with van der Waals surface area (Å²) >= 11 is 1.47. The van der Waals surface area contributed by atoms with Crippen LogP contribution in [-0.2, 0) is 18.4 Å². The summed E-state index contributed by atoms with van der Waals surface area (Å²) in [6.45, 7) is 1.88.